The van der Waals surface area contributed by atoms with Gasteiger partial charge in [0.1, 0.15) is 0 Å². The molecular formula is C20H14Cl3O4P. The van der Waals surface area contributed by atoms with Gasteiger partial charge in [0.2, 0.25) is 0 Å². The van der Waals surface area contributed by atoms with Crippen molar-refractivity contribution < 1.29 is 18.5 Å². The van der Waals surface area contributed by atoms with E-state index in [0.717, 1.165) is 16.7 Å². The first-order valence-corrected chi connectivity index (χ1v) is 10.9. The molecule has 0 saturated carbocycles. The van der Waals surface area contributed by atoms with Crippen molar-refractivity contribution >= 4 is 43.0 Å². The minimum atomic E-state index is -4.07. The van der Waals surface area contributed by atoms with E-state index in [1.165, 1.54) is 0 Å². The van der Waals surface area contributed by atoms with Crippen molar-refractivity contribution in [3.8, 4) is 17.2 Å². The highest BCUT2D eigenvalue weighted by Crippen LogP contribution is 2.56. The van der Waals surface area contributed by atoms with Gasteiger partial charge in [0.05, 0.1) is 0 Å². The number of hydrogen-bond donors (Lipinski definition) is 0. The summed E-state index contributed by atoms with van der Waals surface area (Å²) < 4.78 is 17.1. The van der Waals surface area contributed by atoms with Gasteiger partial charge in [0, 0.05) is 32.6 Å². The van der Waals surface area contributed by atoms with Crippen molar-refractivity contribution in [1.29, 1.82) is 0 Å². The van der Waals surface area contributed by atoms with Crippen LogP contribution in [0.1, 0.15) is 16.7 Å². The molecule has 0 bridgehead atoms. The molecule has 1 aliphatic heterocycles. The first-order valence-electron chi connectivity index (χ1n) is 8.33. The molecule has 0 radical (unpaired) electrons. The highest BCUT2D eigenvalue weighted by molar-refractivity contribution is 7.55. The van der Waals surface area contributed by atoms with E-state index in [9.17, 15) is 4.89 Å². The highest BCUT2D eigenvalue weighted by atomic mass is 35.5. The van der Waals surface area contributed by atoms with Crippen LogP contribution in [0.5, 0.6) is 17.2 Å². The fourth-order valence-corrected chi connectivity index (χ4v) is 4.68. The van der Waals surface area contributed by atoms with E-state index >= 15 is 0 Å². The first-order chi connectivity index (χ1) is 13.3. The lowest BCUT2D eigenvalue weighted by Crippen LogP contribution is -2.27. The first kappa shape index (κ1) is 19.6. The predicted octanol–water partition coefficient (Wildman–Crippen LogP) is 6.43. The topological polar surface area (TPSA) is 50.8 Å². The summed E-state index contributed by atoms with van der Waals surface area (Å²) in [4.78, 5) is 13.5. The Kier molecular flexibility index (Phi) is 5.34. The van der Waals surface area contributed by atoms with Gasteiger partial charge in [-0.3, -0.25) is 13.6 Å². The number of hydrogen-bond acceptors (Lipinski definition) is 4. The van der Waals surface area contributed by atoms with Gasteiger partial charge in [-0.25, -0.2) is 0 Å². The lowest BCUT2D eigenvalue weighted by atomic mass is 10.0. The summed E-state index contributed by atoms with van der Waals surface area (Å²) in [5.41, 5.74) is 2.27. The lowest BCUT2D eigenvalue weighted by Gasteiger charge is -2.28. The number of aryl methyl sites for hydroxylation is 1. The average molecular weight is 456 g/mol. The number of halogens is 3. The second-order valence-corrected chi connectivity index (χ2v) is 9.04. The van der Waals surface area contributed by atoms with Crippen LogP contribution in [0.4, 0.5) is 0 Å². The maximum atomic E-state index is 13.5. The zero-order valence-electron chi connectivity index (χ0n) is 14.6. The van der Waals surface area contributed by atoms with E-state index in [-0.39, 0.29) is 0 Å². The zero-order valence-corrected chi connectivity index (χ0v) is 17.8. The lowest BCUT2D eigenvalue weighted by molar-refractivity contribution is -0.222. The maximum Gasteiger partial charge on any atom is 0.517 e. The summed E-state index contributed by atoms with van der Waals surface area (Å²) in [6.45, 7) is 1.82. The van der Waals surface area contributed by atoms with Gasteiger partial charge < -0.3 is 4.89 Å². The van der Waals surface area contributed by atoms with E-state index < -0.39 is 8.17 Å². The van der Waals surface area contributed by atoms with E-state index in [0.29, 0.717) is 38.7 Å². The average Bonchev–Trinajstić information content (AvgIpc) is 2.62. The van der Waals surface area contributed by atoms with E-state index in [4.69, 9.17) is 48.4 Å². The number of rotatable bonds is 2. The molecule has 1 aliphatic rings. The Hall–Kier alpha value is -1.68. The number of phosphoric acid groups is 1. The molecule has 0 atom stereocenters. The third-order valence-corrected chi connectivity index (χ3v) is 6.36. The van der Waals surface area contributed by atoms with Crippen LogP contribution in [0.25, 0.3) is 0 Å². The highest BCUT2D eigenvalue weighted by Gasteiger charge is 2.41. The molecule has 3 aromatic carbocycles. The Morgan fingerprint density at radius 3 is 1.96 bits per heavy atom. The smallest absolute Gasteiger partial charge is 0.517 e. The molecule has 1 heterocycles. The Morgan fingerprint density at radius 2 is 1.43 bits per heavy atom. The normalized spacial score (nSPS) is 14.6. The summed E-state index contributed by atoms with van der Waals surface area (Å²) in [6.07, 6.45) is 0.450. The van der Waals surface area contributed by atoms with Crippen molar-refractivity contribution in [3.63, 3.8) is 0 Å². The molecule has 0 N–H and O–H groups in total. The molecule has 28 heavy (non-hydrogen) atoms. The molecule has 0 aromatic heterocycles. The SMILES string of the molecule is Cc1cc(O[P+]2([O-])Oc3ccc(Cl)cc3Cc3cc(Cl)ccc3O2)ccc1Cl. The molecule has 4 rings (SSSR count). The summed E-state index contributed by atoms with van der Waals surface area (Å²) >= 11 is 18.3. The molecule has 0 unspecified atom stereocenters. The third kappa shape index (κ3) is 4.17. The van der Waals surface area contributed by atoms with Crippen LogP contribution in [0, 0.1) is 6.92 Å². The van der Waals surface area contributed by atoms with Crippen LogP contribution >= 0.6 is 43.0 Å². The molecule has 8 heteroatoms. The summed E-state index contributed by atoms with van der Waals surface area (Å²) in [6, 6.07) is 15.0. The second kappa shape index (κ2) is 7.62. The van der Waals surface area contributed by atoms with Gasteiger partial charge in [-0.15, -0.1) is 0 Å². The minimum absolute atomic E-state index is 0.317. The van der Waals surface area contributed by atoms with Crippen LogP contribution in [0.2, 0.25) is 15.1 Å². The molecule has 3 aromatic rings. The third-order valence-electron chi connectivity index (χ3n) is 4.19. The summed E-state index contributed by atoms with van der Waals surface area (Å²) in [5, 5.41) is 1.65. The maximum absolute atomic E-state index is 13.5. The Morgan fingerprint density at radius 1 is 0.857 bits per heavy atom. The Labute approximate surface area is 178 Å². The zero-order chi connectivity index (χ0) is 19.9. The van der Waals surface area contributed by atoms with Crippen LogP contribution in [-0.4, -0.2) is 0 Å². The molecule has 144 valence electrons. The van der Waals surface area contributed by atoms with E-state index in [1.54, 1.807) is 54.6 Å². The number of fused-ring (bicyclic) bond motifs is 2. The van der Waals surface area contributed by atoms with Crippen LogP contribution in [0.15, 0.2) is 54.6 Å². The Bertz CT molecular complexity index is 1000. The molecule has 0 saturated heterocycles. The second-order valence-electron chi connectivity index (χ2n) is 6.31. The van der Waals surface area contributed by atoms with Gasteiger partial charge in [0.25, 0.3) is 0 Å². The molecule has 0 fully saturated rings. The van der Waals surface area contributed by atoms with Crippen molar-refractivity contribution in [2.24, 2.45) is 0 Å². The molecule has 0 amide bonds. The van der Waals surface area contributed by atoms with Crippen molar-refractivity contribution in [2.45, 2.75) is 13.3 Å². The Balaban J connectivity index is 1.79. The van der Waals surface area contributed by atoms with Crippen molar-refractivity contribution in [1.82, 2.24) is 0 Å². The van der Waals surface area contributed by atoms with Gasteiger partial charge in [-0.1, -0.05) is 34.8 Å². The van der Waals surface area contributed by atoms with E-state index in [1.807, 2.05) is 6.92 Å². The van der Waals surface area contributed by atoms with E-state index in [2.05, 4.69) is 0 Å². The standard InChI is InChI=1S/C20H14Cl3O4P/c1-12-8-17(4-5-18(12)23)25-28(24)26-19-6-2-15(21)10-13(19)9-14-11-16(22)3-7-20(14)27-28/h2-8,10-11H,9H2,1H3. The largest absolute Gasteiger partial charge is 0.583 e. The van der Waals surface area contributed by atoms with Gasteiger partial charge in [0.15, 0.2) is 17.2 Å². The van der Waals surface area contributed by atoms with Gasteiger partial charge in [-0.05, 0) is 67.1 Å². The predicted molar refractivity (Wildman–Crippen MR) is 111 cm³/mol. The van der Waals surface area contributed by atoms with Crippen LogP contribution < -0.4 is 18.5 Å². The molecule has 4 nitrogen and oxygen atoms in total. The summed E-state index contributed by atoms with van der Waals surface area (Å²) in [7, 11) is -4.07. The van der Waals surface area contributed by atoms with Gasteiger partial charge in [-0.2, -0.15) is 0 Å². The number of benzene rings is 3. The summed E-state index contributed by atoms with van der Waals surface area (Å²) in [5.74, 6) is 1.05. The van der Waals surface area contributed by atoms with Gasteiger partial charge >= 0.3 is 8.17 Å². The van der Waals surface area contributed by atoms with Crippen molar-refractivity contribution in [3.05, 3.63) is 86.4 Å². The minimum Gasteiger partial charge on any atom is -0.583 e. The van der Waals surface area contributed by atoms with Crippen molar-refractivity contribution in [2.75, 3.05) is 0 Å². The fourth-order valence-electron chi connectivity index (χ4n) is 2.86. The quantitative estimate of drug-likeness (QED) is 0.418. The van der Waals surface area contributed by atoms with Crippen LogP contribution in [0.3, 0.4) is 0 Å². The molecular weight excluding hydrogens is 442 g/mol. The fraction of sp³-hybridized carbons (Fsp3) is 0.100. The number of phosphoric ester groups is 1. The molecule has 0 spiro atoms. The monoisotopic (exact) mass is 454 g/mol. The molecule has 0 aliphatic carbocycles. The van der Waals surface area contributed by atoms with Crippen LogP contribution in [-0.2, 0) is 6.42 Å².